The molecule has 1 unspecified atom stereocenters. The summed E-state index contributed by atoms with van der Waals surface area (Å²) in [4.78, 5) is 13.9. The third kappa shape index (κ3) is 3.83. The summed E-state index contributed by atoms with van der Waals surface area (Å²) in [6, 6.07) is 9.99. The number of benzene rings is 1. The first-order valence-corrected chi connectivity index (χ1v) is 10.3. The lowest BCUT2D eigenvalue weighted by molar-refractivity contribution is -0.107. The molecule has 140 valence electrons. The van der Waals surface area contributed by atoms with Gasteiger partial charge in [-0.25, -0.2) is 0 Å². The number of thiophene rings is 1. The van der Waals surface area contributed by atoms with Crippen molar-refractivity contribution in [1.29, 1.82) is 0 Å². The van der Waals surface area contributed by atoms with E-state index >= 15 is 0 Å². The van der Waals surface area contributed by atoms with Gasteiger partial charge in [-0.05, 0) is 62.0 Å². The van der Waals surface area contributed by atoms with Gasteiger partial charge in [-0.1, -0.05) is 23.7 Å². The number of nitrogens with one attached hydrogen (secondary N) is 1. The molecule has 27 heavy (non-hydrogen) atoms. The van der Waals surface area contributed by atoms with E-state index in [0.717, 1.165) is 57.2 Å². The summed E-state index contributed by atoms with van der Waals surface area (Å²) >= 11 is 7.67. The van der Waals surface area contributed by atoms with Crippen LogP contribution in [0.15, 0.2) is 30.3 Å². The second-order valence-electron chi connectivity index (χ2n) is 6.96. The van der Waals surface area contributed by atoms with Crippen molar-refractivity contribution in [2.24, 2.45) is 5.92 Å². The SMILES string of the molecule is CN(C=O)c1nnc(CC2CCCNC2)c2cc(-c3ccc(Cl)cc3)sc12. The number of amides is 1. The number of aromatic nitrogens is 2. The Balaban J connectivity index is 1.79. The Labute approximate surface area is 167 Å². The third-order valence-electron chi connectivity index (χ3n) is 5.01. The molecule has 7 heteroatoms. The Kier molecular flexibility index (Phi) is 5.38. The molecule has 3 heterocycles. The maximum atomic E-state index is 11.3. The Morgan fingerprint density at radius 3 is 2.85 bits per heavy atom. The number of carbonyl (C=O) groups excluding carboxylic acids is 1. The fraction of sp³-hybridized carbons (Fsp3) is 0.350. The van der Waals surface area contributed by atoms with Crippen LogP contribution < -0.4 is 10.2 Å². The molecule has 1 atom stereocenters. The van der Waals surface area contributed by atoms with Gasteiger partial charge >= 0.3 is 0 Å². The molecule has 1 amide bonds. The van der Waals surface area contributed by atoms with Gasteiger partial charge in [0.15, 0.2) is 5.82 Å². The number of hydrogen-bond donors (Lipinski definition) is 1. The summed E-state index contributed by atoms with van der Waals surface area (Å²) in [6.07, 6.45) is 4.08. The maximum absolute atomic E-state index is 11.3. The van der Waals surface area contributed by atoms with Crippen molar-refractivity contribution in [2.75, 3.05) is 25.0 Å². The van der Waals surface area contributed by atoms with Gasteiger partial charge in [0.05, 0.1) is 10.4 Å². The van der Waals surface area contributed by atoms with E-state index in [0.29, 0.717) is 11.7 Å². The monoisotopic (exact) mass is 400 g/mol. The number of carbonyl (C=O) groups is 1. The van der Waals surface area contributed by atoms with Crippen molar-refractivity contribution >= 4 is 45.3 Å². The first-order chi connectivity index (χ1) is 13.2. The van der Waals surface area contributed by atoms with E-state index < -0.39 is 0 Å². The number of fused-ring (bicyclic) bond motifs is 1. The molecule has 2 aromatic heterocycles. The fourth-order valence-electron chi connectivity index (χ4n) is 3.54. The minimum Gasteiger partial charge on any atom is -0.316 e. The van der Waals surface area contributed by atoms with Crippen molar-refractivity contribution in [1.82, 2.24) is 15.5 Å². The zero-order valence-corrected chi connectivity index (χ0v) is 16.7. The van der Waals surface area contributed by atoms with Gasteiger partial charge in [-0.15, -0.1) is 16.4 Å². The van der Waals surface area contributed by atoms with Crippen molar-refractivity contribution in [3.63, 3.8) is 0 Å². The Morgan fingerprint density at radius 2 is 2.15 bits per heavy atom. The lowest BCUT2D eigenvalue weighted by Gasteiger charge is -2.22. The lowest BCUT2D eigenvalue weighted by atomic mass is 9.93. The summed E-state index contributed by atoms with van der Waals surface area (Å²) < 4.78 is 1.00. The predicted molar refractivity (Wildman–Crippen MR) is 112 cm³/mol. The molecule has 5 nitrogen and oxygen atoms in total. The maximum Gasteiger partial charge on any atom is 0.215 e. The van der Waals surface area contributed by atoms with E-state index in [4.69, 9.17) is 11.6 Å². The van der Waals surface area contributed by atoms with Crippen LogP contribution in [0.3, 0.4) is 0 Å². The van der Waals surface area contributed by atoms with Crippen LogP contribution in [-0.2, 0) is 11.2 Å². The highest BCUT2D eigenvalue weighted by Crippen LogP contribution is 2.39. The van der Waals surface area contributed by atoms with Crippen LogP contribution in [0.2, 0.25) is 5.02 Å². The Hall–Kier alpha value is -2.02. The molecule has 1 aromatic carbocycles. The molecule has 4 rings (SSSR count). The van der Waals surface area contributed by atoms with Gasteiger partial charge in [-0.3, -0.25) is 9.69 Å². The van der Waals surface area contributed by atoms with E-state index in [1.165, 1.54) is 17.7 Å². The van der Waals surface area contributed by atoms with E-state index in [2.05, 4.69) is 21.6 Å². The third-order valence-corrected chi connectivity index (χ3v) is 6.45. The summed E-state index contributed by atoms with van der Waals surface area (Å²) in [5.41, 5.74) is 2.11. The molecule has 1 aliphatic rings. The average molecular weight is 401 g/mol. The highest BCUT2D eigenvalue weighted by molar-refractivity contribution is 7.22. The topological polar surface area (TPSA) is 58.1 Å². The van der Waals surface area contributed by atoms with Gasteiger partial charge in [0.25, 0.3) is 0 Å². The van der Waals surface area contributed by atoms with Gasteiger partial charge in [-0.2, -0.15) is 5.10 Å². The predicted octanol–water partition coefficient (Wildman–Crippen LogP) is 4.15. The molecule has 0 bridgehead atoms. The molecule has 0 saturated carbocycles. The summed E-state index contributed by atoms with van der Waals surface area (Å²) in [5, 5.41) is 14.2. The van der Waals surface area contributed by atoms with Crippen LogP contribution in [-0.4, -0.2) is 36.7 Å². The minimum absolute atomic E-state index is 0.574. The van der Waals surface area contributed by atoms with Crippen LogP contribution in [0.1, 0.15) is 18.5 Å². The number of hydrogen-bond acceptors (Lipinski definition) is 5. The van der Waals surface area contributed by atoms with Gasteiger partial charge in [0, 0.05) is 22.3 Å². The summed E-state index contributed by atoms with van der Waals surface area (Å²) in [5.74, 6) is 1.18. The Morgan fingerprint density at radius 1 is 1.33 bits per heavy atom. The molecular formula is C20H21ClN4OS. The molecule has 3 aromatic rings. The van der Waals surface area contributed by atoms with Gasteiger partial charge in [0.2, 0.25) is 6.41 Å². The molecule has 1 saturated heterocycles. The zero-order valence-electron chi connectivity index (χ0n) is 15.1. The van der Waals surface area contributed by atoms with Crippen molar-refractivity contribution in [3.05, 3.63) is 41.0 Å². The summed E-state index contributed by atoms with van der Waals surface area (Å²) in [7, 11) is 1.71. The fourth-order valence-corrected chi connectivity index (χ4v) is 4.88. The number of nitrogens with zero attached hydrogens (tertiary/aromatic N) is 3. The first kappa shape index (κ1) is 18.3. The standard InChI is InChI=1S/C20H21ClN4OS/c1-25(12-26)20-19-16(10-18(27-19)14-4-6-15(21)7-5-14)17(23-24-20)9-13-3-2-8-22-11-13/h4-7,10,12-13,22H,2-3,8-9,11H2,1H3. The molecule has 0 spiro atoms. The molecule has 1 N–H and O–H groups in total. The van der Waals surface area contributed by atoms with Crippen molar-refractivity contribution in [3.8, 4) is 10.4 Å². The quantitative estimate of drug-likeness (QED) is 0.654. The highest BCUT2D eigenvalue weighted by atomic mass is 35.5. The number of piperidine rings is 1. The molecule has 1 aliphatic heterocycles. The van der Waals surface area contributed by atoms with Crippen LogP contribution in [0.4, 0.5) is 5.82 Å². The largest absolute Gasteiger partial charge is 0.316 e. The molecule has 0 radical (unpaired) electrons. The van der Waals surface area contributed by atoms with Crippen LogP contribution in [0, 0.1) is 5.92 Å². The summed E-state index contributed by atoms with van der Waals surface area (Å²) in [6.45, 7) is 2.12. The van der Waals surface area contributed by atoms with Crippen molar-refractivity contribution in [2.45, 2.75) is 19.3 Å². The lowest BCUT2D eigenvalue weighted by Crippen LogP contribution is -2.31. The average Bonchev–Trinajstić information content (AvgIpc) is 3.15. The van der Waals surface area contributed by atoms with Crippen LogP contribution >= 0.6 is 22.9 Å². The smallest absolute Gasteiger partial charge is 0.215 e. The Bertz CT molecular complexity index is 951. The first-order valence-electron chi connectivity index (χ1n) is 9.09. The zero-order chi connectivity index (χ0) is 18.8. The normalized spacial score (nSPS) is 17.2. The van der Waals surface area contributed by atoms with Gasteiger partial charge in [0.1, 0.15) is 0 Å². The van der Waals surface area contributed by atoms with E-state index in [1.807, 2.05) is 24.3 Å². The van der Waals surface area contributed by atoms with Crippen molar-refractivity contribution < 1.29 is 4.79 Å². The number of halogens is 1. The number of rotatable bonds is 5. The van der Waals surface area contributed by atoms with Gasteiger partial charge < -0.3 is 5.32 Å². The van der Waals surface area contributed by atoms with Crippen LogP contribution in [0.5, 0.6) is 0 Å². The van der Waals surface area contributed by atoms with E-state index in [1.54, 1.807) is 18.4 Å². The second kappa shape index (κ2) is 7.92. The molecule has 1 fully saturated rings. The number of anilines is 1. The van der Waals surface area contributed by atoms with E-state index in [-0.39, 0.29) is 0 Å². The molecule has 0 aliphatic carbocycles. The molecular weight excluding hydrogens is 380 g/mol. The second-order valence-corrected chi connectivity index (χ2v) is 8.45. The minimum atomic E-state index is 0.574. The highest BCUT2D eigenvalue weighted by Gasteiger charge is 2.20. The van der Waals surface area contributed by atoms with E-state index in [9.17, 15) is 4.79 Å². The van der Waals surface area contributed by atoms with Crippen LogP contribution in [0.25, 0.3) is 20.5 Å².